The number of carbonyl (C=O) groups is 1. The summed E-state index contributed by atoms with van der Waals surface area (Å²) in [6, 6.07) is 0. The molecule has 1 amide bonds. The zero-order valence-corrected chi connectivity index (χ0v) is 10.9. The van der Waals surface area contributed by atoms with Crippen molar-refractivity contribution in [2.45, 2.75) is 11.0 Å². The van der Waals surface area contributed by atoms with Gasteiger partial charge in [0.15, 0.2) is 0 Å². The third-order valence-corrected chi connectivity index (χ3v) is 0. The molecule has 4 heteroatoms. The molecular weight excluding hydrogens is 197 g/mol. The van der Waals surface area contributed by atoms with E-state index in [1.807, 2.05) is 0 Å². The van der Waals surface area contributed by atoms with Gasteiger partial charge in [0.25, 0.3) is 0 Å². The Balaban J connectivity index is -0.0000000360. The van der Waals surface area contributed by atoms with Crippen LogP contribution in [0, 0.1) is 0 Å². The number of amides is 1. The van der Waals surface area contributed by atoms with Crippen LogP contribution in [0.5, 0.6) is 0 Å². The van der Waals surface area contributed by atoms with Gasteiger partial charge >= 0.3 is 47.6 Å². The van der Waals surface area contributed by atoms with Crippen molar-refractivity contribution in [2.75, 3.05) is 0 Å². The first-order valence-corrected chi connectivity index (χ1v) is 7.92. The number of rotatable bonds is 0. The average Bonchev–Trinajstić information content (AvgIpc) is 1.78. The van der Waals surface area contributed by atoms with Gasteiger partial charge in [0.2, 0.25) is 6.41 Å². The first kappa shape index (κ1) is 15.6. The van der Waals surface area contributed by atoms with E-state index in [1.54, 1.807) is 0 Å². The van der Waals surface area contributed by atoms with Crippen molar-refractivity contribution < 1.29 is 41.4 Å². The molecular formula is C3H9NOZn2. The predicted octanol–water partition coefficient (Wildman–Crippen LogP) is 0.264. The molecule has 0 unspecified atom stereocenters. The Hall–Kier alpha value is 0.717. The van der Waals surface area contributed by atoms with Crippen LogP contribution < -0.4 is 5.73 Å². The van der Waals surface area contributed by atoms with Crippen molar-refractivity contribution in [3.05, 3.63) is 0 Å². The van der Waals surface area contributed by atoms with Gasteiger partial charge in [-0.25, -0.2) is 0 Å². The molecule has 0 spiro atoms. The van der Waals surface area contributed by atoms with E-state index in [0.717, 1.165) is 0 Å². The van der Waals surface area contributed by atoms with E-state index in [-0.39, 0.29) is 6.41 Å². The number of carbonyl (C=O) groups excluding carboxylic acids is 1. The molecule has 0 saturated carbocycles. The van der Waals surface area contributed by atoms with Crippen LogP contribution in [-0.4, -0.2) is 6.41 Å². The molecule has 0 bridgehead atoms. The summed E-state index contributed by atoms with van der Waals surface area (Å²) in [5, 5.41) is 0. The van der Waals surface area contributed by atoms with Crippen LogP contribution in [0.1, 0.15) is 0 Å². The summed E-state index contributed by atoms with van der Waals surface area (Å²) in [5.41, 5.74) is 8.42. The zero-order chi connectivity index (χ0) is 6.71. The third kappa shape index (κ3) is 291. The minimum absolute atomic E-state index is 0.250. The van der Waals surface area contributed by atoms with E-state index in [0.29, 0.717) is 0 Å². The quantitative estimate of drug-likeness (QED) is 0.448. The van der Waals surface area contributed by atoms with Gasteiger partial charge in [-0.15, -0.1) is 0 Å². The van der Waals surface area contributed by atoms with Gasteiger partial charge in [-0.2, -0.15) is 0 Å². The topological polar surface area (TPSA) is 43.1 Å². The Kier molecular flexibility index (Phi) is 166. The molecule has 0 aromatic carbocycles. The van der Waals surface area contributed by atoms with Crippen molar-refractivity contribution in [1.82, 2.24) is 0 Å². The Morgan fingerprint density at radius 1 is 1.29 bits per heavy atom. The molecule has 0 aliphatic heterocycles. The van der Waals surface area contributed by atoms with Crippen LogP contribution in [0.4, 0.5) is 0 Å². The fourth-order valence-corrected chi connectivity index (χ4v) is 0. The molecule has 2 nitrogen and oxygen atoms in total. The van der Waals surface area contributed by atoms with Crippen molar-refractivity contribution in [1.29, 1.82) is 0 Å². The van der Waals surface area contributed by atoms with E-state index in [4.69, 9.17) is 4.79 Å². The van der Waals surface area contributed by atoms with Crippen LogP contribution in [0.3, 0.4) is 0 Å². The van der Waals surface area contributed by atoms with E-state index in [1.165, 1.54) is 36.6 Å². The molecule has 0 fully saturated rings. The summed E-state index contributed by atoms with van der Waals surface area (Å²) in [4.78, 5) is 8.58. The number of hydrogen-bond acceptors (Lipinski definition) is 1. The molecule has 0 radical (unpaired) electrons. The summed E-state index contributed by atoms with van der Waals surface area (Å²) in [6.07, 6.45) is 0.250. The first-order chi connectivity index (χ1) is 3.41. The van der Waals surface area contributed by atoms with Crippen molar-refractivity contribution in [2.24, 2.45) is 5.73 Å². The summed E-state index contributed by atoms with van der Waals surface area (Å²) in [5.74, 6) is 0. The summed E-state index contributed by atoms with van der Waals surface area (Å²) in [7, 11) is 0. The normalized spacial score (nSPS) is 3.71. The maximum atomic E-state index is 8.58. The Morgan fingerprint density at radius 3 is 1.29 bits per heavy atom. The second kappa shape index (κ2) is 74.5. The standard InChI is InChI=1S/CH3NO.2CH3.2Zn/c2-1-3;;;;/h1H,(H2,2,3);2*1H3;;. The van der Waals surface area contributed by atoms with Crippen LogP contribution in [0.2, 0.25) is 11.0 Å². The van der Waals surface area contributed by atoms with Gasteiger partial charge in [0, 0.05) is 0 Å². The van der Waals surface area contributed by atoms with E-state index in [2.05, 4.69) is 16.8 Å². The van der Waals surface area contributed by atoms with Gasteiger partial charge in [-0.1, -0.05) is 0 Å². The number of primary amides is 1. The molecule has 2 N–H and O–H groups in total. The monoisotopic (exact) mass is 203 g/mol. The molecule has 0 rings (SSSR count). The fraction of sp³-hybridized carbons (Fsp3) is 0.667. The second-order valence-corrected chi connectivity index (χ2v) is 0.136. The molecule has 0 aliphatic carbocycles. The second-order valence-electron chi connectivity index (χ2n) is 0.136. The van der Waals surface area contributed by atoms with Crippen molar-refractivity contribution in [3.8, 4) is 0 Å². The first-order valence-electron chi connectivity index (χ1n) is 1.98. The van der Waals surface area contributed by atoms with Crippen LogP contribution in [0.15, 0.2) is 0 Å². The molecule has 0 aliphatic rings. The van der Waals surface area contributed by atoms with E-state index in [9.17, 15) is 0 Å². The SMILES string of the molecule is NC=O.[CH3][Zn].[CH3][Zn]. The Bertz CT molecular complexity index is 20.4. The van der Waals surface area contributed by atoms with Crippen LogP contribution >= 0.6 is 0 Å². The van der Waals surface area contributed by atoms with Gasteiger partial charge in [-0.05, 0) is 0 Å². The maximum absolute atomic E-state index is 8.58. The average molecular weight is 206 g/mol. The zero-order valence-electron chi connectivity index (χ0n) is 4.98. The Morgan fingerprint density at radius 2 is 1.29 bits per heavy atom. The van der Waals surface area contributed by atoms with E-state index < -0.39 is 0 Å². The summed E-state index contributed by atoms with van der Waals surface area (Å²) >= 11 is 2.75. The van der Waals surface area contributed by atoms with Gasteiger partial charge in [0.05, 0.1) is 0 Å². The summed E-state index contributed by atoms with van der Waals surface area (Å²) < 4.78 is 0. The third-order valence-electron chi connectivity index (χ3n) is 0. The number of hydrogen-bond donors (Lipinski definition) is 1. The van der Waals surface area contributed by atoms with Crippen molar-refractivity contribution in [3.63, 3.8) is 0 Å². The van der Waals surface area contributed by atoms with Crippen LogP contribution in [0.25, 0.3) is 0 Å². The minimum atomic E-state index is 0.250. The molecule has 7 heavy (non-hydrogen) atoms. The van der Waals surface area contributed by atoms with Crippen molar-refractivity contribution >= 4 is 6.41 Å². The Labute approximate surface area is 64.6 Å². The number of nitrogens with two attached hydrogens (primary N) is 1. The summed E-state index contributed by atoms with van der Waals surface area (Å²) in [6.45, 7) is 0. The van der Waals surface area contributed by atoms with Gasteiger partial charge in [0.1, 0.15) is 0 Å². The van der Waals surface area contributed by atoms with Crippen LogP contribution in [-0.2, 0) is 41.4 Å². The van der Waals surface area contributed by atoms with Gasteiger partial charge < -0.3 is 5.73 Å². The fourth-order valence-electron chi connectivity index (χ4n) is 0. The molecule has 0 aromatic heterocycles. The molecule has 36 valence electrons. The molecule has 0 atom stereocenters. The van der Waals surface area contributed by atoms with Gasteiger partial charge in [-0.3, -0.25) is 4.79 Å². The predicted molar refractivity (Wildman–Crippen MR) is 22.0 cm³/mol. The molecule has 0 saturated heterocycles. The molecule has 0 aromatic rings. The van der Waals surface area contributed by atoms with E-state index >= 15 is 0 Å². The molecule has 0 heterocycles.